The van der Waals surface area contributed by atoms with E-state index >= 15 is 0 Å². The lowest BCUT2D eigenvalue weighted by atomic mass is 10.0. The molecule has 1 aliphatic heterocycles. The number of nitrogens with zero attached hydrogens (tertiary/aromatic N) is 2. The minimum atomic E-state index is -4.86. The zero-order valence-corrected chi connectivity index (χ0v) is 20.9. The molecule has 0 amide bonds. The molecule has 36 heavy (non-hydrogen) atoms. The molecule has 1 aromatic rings. The van der Waals surface area contributed by atoms with E-state index < -0.39 is 62.8 Å². The van der Waals surface area contributed by atoms with Crippen molar-refractivity contribution < 1.29 is 43.9 Å². The van der Waals surface area contributed by atoms with E-state index in [1.165, 1.54) is 11.9 Å². The van der Waals surface area contributed by atoms with E-state index in [4.69, 9.17) is 4.74 Å². The molecule has 0 N–H and O–H groups in total. The Hall–Kier alpha value is -1.76. The third-order valence-electron chi connectivity index (χ3n) is 7.77. The second kappa shape index (κ2) is 8.92. The molecule has 5 nitrogen and oxygen atoms in total. The van der Waals surface area contributed by atoms with Crippen molar-refractivity contribution in [3.8, 4) is 5.75 Å². The normalized spacial score (nSPS) is 30.1. The number of hydrogen-bond acceptors (Lipinski definition) is 4. The van der Waals surface area contributed by atoms with Crippen LogP contribution in [0.3, 0.4) is 0 Å². The number of alkyl halides is 7. The van der Waals surface area contributed by atoms with Crippen molar-refractivity contribution in [3.05, 3.63) is 17.7 Å². The van der Waals surface area contributed by atoms with Gasteiger partial charge in [0.15, 0.2) is 0 Å². The van der Waals surface area contributed by atoms with Crippen LogP contribution in [0.2, 0.25) is 0 Å². The Balaban J connectivity index is 1.82. The maximum absolute atomic E-state index is 13.9. The van der Waals surface area contributed by atoms with E-state index in [2.05, 4.69) is 0 Å². The molecule has 204 valence electrons. The Labute approximate surface area is 205 Å². The number of fused-ring (bicyclic) bond motifs is 2. The maximum atomic E-state index is 13.9. The largest absolute Gasteiger partial charge is 0.496 e. The van der Waals surface area contributed by atoms with Crippen LogP contribution in [-0.2, 0) is 16.2 Å². The van der Waals surface area contributed by atoms with Gasteiger partial charge in [0.25, 0.3) is 0 Å². The molecule has 2 aliphatic carbocycles. The number of benzene rings is 1. The summed E-state index contributed by atoms with van der Waals surface area (Å²) in [6.07, 6.45) is -5.84. The Morgan fingerprint density at radius 2 is 1.67 bits per heavy atom. The average molecular weight is 547 g/mol. The highest BCUT2D eigenvalue weighted by molar-refractivity contribution is 7.89. The van der Waals surface area contributed by atoms with Crippen molar-refractivity contribution in [2.24, 2.45) is 11.8 Å². The average Bonchev–Trinajstić information content (AvgIpc) is 3.21. The molecule has 0 bridgehead atoms. The second-order valence-corrected chi connectivity index (χ2v) is 12.3. The summed E-state index contributed by atoms with van der Waals surface area (Å²) in [6.45, 7) is 0.576. The van der Waals surface area contributed by atoms with Gasteiger partial charge in [-0.15, -0.1) is 0 Å². The van der Waals surface area contributed by atoms with Gasteiger partial charge in [-0.25, -0.2) is 26.0 Å². The van der Waals surface area contributed by atoms with Gasteiger partial charge >= 0.3 is 6.18 Å². The van der Waals surface area contributed by atoms with Gasteiger partial charge in [-0.2, -0.15) is 17.5 Å². The molecule has 4 rings (SSSR count). The Bertz CT molecular complexity index is 1090. The van der Waals surface area contributed by atoms with Crippen LogP contribution in [0.15, 0.2) is 17.0 Å². The highest BCUT2D eigenvalue weighted by Gasteiger charge is 2.53. The van der Waals surface area contributed by atoms with Crippen LogP contribution in [0.1, 0.15) is 51.0 Å². The van der Waals surface area contributed by atoms with Crippen LogP contribution in [-0.4, -0.2) is 57.4 Å². The van der Waals surface area contributed by atoms with E-state index in [0.29, 0.717) is 6.92 Å². The number of likely N-dealkylation sites (N-methyl/N-ethyl adjacent to an activating group) is 1. The summed E-state index contributed by atoms with van der Waals surface area (Å²) in [5.41, 5.74) is -1.38. The van der Waals surface area contributed by atoms with E-state index in [9.17, 15) is 39.2 Å². The zero-order chi connectivity index (χ0) is 26.8. The van der Waals surface area contributed by atoms with Crippen LogP contribution in [0.4, 0.5) is 36.4 Å². The van der Waals surface area contributed by atoms with Crippen LogP contribution in [0, 0.1) is 11.8 Å². The Kier molecular flexibility index (Phi) is 6.76. The molecule has 1 heterocycles. The first kappa shape index (κ1) is 27.3. The van der Waals surface area contributed by atoms with Gasteiger partial charge in [-0.05, 0) is 44.1 Å². The second-order valence-electron chi connectivity index (χ2n) is 10.4. The van der Waals surface area contributed by atoms with E-state index in [-0.39, 0.29) is 56.2 Å². The molecular weight excluding hydrogens is 517 g/mol. The van der Waals surface area contributed by atoms with Crippen molar-refractivity contribution in [1.29, 1.82) is 0 Å². The number of anilines is 1. The number of rotatable bonds is 5. The van der Waals surface area contributed by atoms with Gasteiger partial charge in [0.05, 0.1) is 18.4 Å². The quantitative estimate of drug-likeness (QED) is 0.440. The SMILES string of the molecule is COc1cc2c(cc1C(F)(F)F)N(C1CC3CC(F)(F)CC3C1)C[C@@H](CCC(C)(F)F)N(C)S2(=O)=O. The number of ether oxygens (including phenoxy) is 1. The molecule has 13 heteroatoms. The summed E-state index contributed by atoms with van der Waals surface area (Å²) in [4.78, 5) is 1.09. The lowest BCUT2D eigenvalue weighted by Crippen LogP contribution is -2.45. The summed E-state index contributed by atoms with van der Waals surface area (Å²) in [7, 11) is -2.18. The summed E-state index contributed by atoms with van der Waals surface area (Å²) in [6, 6.07) is 0.0719. The Morgan fingerprint density at radius 3 is 2.17 bits per heavy atom. The molecule has 2 saturated carbocycles. The fourth-order valence-corrected chi connectivity index (χ4v) is 7.56. The van der Waals surface area contributed by atoms with Gasteiger partial charge in [0.2, 0.25) is 21.9 Å². The summed E-state index contributed by atoms with van der Waals surface area (Å²) in [5.74, 6) is -7.24. The lowest BCUT2D eigenvalue weighted by molar-refractivity contribution is -0.138. The van der Waals surface area contributed by atoms with Gasteiger partial charge in [-0.3, -0.25) is 0 Å². The topological polar surface area (TPSA) is 49.9 Å². The maximum Gasteiger partial charge on any atom is 0.420 e. The molecule has 3 atom stereocenters. The first-order valence-corrected chi connectivity index (χ1v) is 13.2. The van der Waals surface area contributed by atoms with E-state index in [1.54, 1.807) is 0 Å². The predicted octanol–water partition coefficient (Wildman–Crippen LogP) is 5.78. The molecule has 3 aliphatic rings. The van der Waals surface area contributed by atoms with Gasteiger partial charge in [-0.1, -0.05) is 0 Å². The van der Waals surface area contributed by atoms with Crippen LogP contribution >= 0.6 is 0 Å². The molecule has 0 saturated heterocycles. The van der Waals surface area contributed by atoms with Crippen molar-refractivity contribution in [1.82, 2.24) is 4.31 Å². The van der Waals surface area contributed by atoms with E-state index in [0.717, 1.165) is 23.5 Å². The Morgan fingerprint density at radius 1 is 1.08 bits per heavy atom. The van der Waals surface area contributed by atoms with Crippen LogP contribution in [0.5, 0.6) is 5.75 Å². The first-order valence-electron chi connectivity index (χ1n) is 11.7. The van der Waals surface area contributed by atoms with Crippen molar-refractivity contribution >= 4 is 15.7 Å². The van der Waals surface area contributed by atoms with Crippen molar-refractivity contribution in [2.75, 3.05) is 25.6 Å². The third-order valence-corrected chi connectivity index (χ3v) is 9.71. The monoisotopic (exact) mass is 546 g/mol. The molecular formula is C23H29F7N2O3S. The summed E-state index contributed by atoms with van der Waals surface area (Å²) >= 11 is 0. The number of halogens is 7. The zero-order valence-electron chi connectivity index (χ0n) is 20.1. The summed E-state index contributed by atoms with van der Waals surface area (Å²) < 4.78 is 130. The van der Waals surface area contributed by atoms with Crippen molar-refractivity contribution in [2.45, 2.75) is 80.4 Å². The molecule has 0 aromatic heterocycles. The number of sulfonamides is 1. The van der Waals surface area contributed by atoms with Gasteiger partial charge in [0.1, 0.15) is 10.6 Å². The predicted molar refractivity (Wildman–Crippen MR) is 118 cm³/mol. The molecule has 0 spiro atoms. The van der Waals surface area contributed by atoms with Crippen LogP contribution in [0.25, 0.3) is 0 Å². The lowest BCUT2D eigenvalue weighted by Gasteiger charge is -2.35. The number of methoxy groups -OCH3 is 1. The first-order chi connectivity index (χ1) is 16.4. The van der Waals surface area contributed by atoms with E-state index in [1.807, 2.05) is 0 Å². The standard InChI is InChI=1S/C23H29F7N2O3S/c1-21(24,25)5-4-15-12-32(16-6-13-10-22(26,27)11-14(13)7-16)18-8-17(23(28,29)30)19(35-3)9-20(18)36(33,34)31(15)2/h8-9,13-16H,4-7,10-12H2,1-3H3/t13?,14?,15-,16?/m1/s1. The molecule has 1 aromatic carbocycles. The fraction of sp³-hybridized carbons (Fsp3) is 0.739. The van der Waals surface area contributed by atoms with Gasteiger partial charge in [0, 0.05) is 51.0 Å². The third kappa shape index (κ3) is 5.14. The molecule has 2 unspecified atom stereocenters. The molecule has 0 radical (unpaired) electrons. The minimum Gasteiger partial charge on any atom is -0.496 e. The minimum absolute atomic E-state index is 0.136. The van der Waals surface area contributed by atoms with Gasteiger partial charge < -0.3 is 9.64 Å². The highest BCUT2D eigenvalue weighted by atomic mass is 32.2. The molecule has 2 fully saturated rings. The summed E-state index contributed by atoms with van der Waals surface area (Å²) in [5, 5.41) is 0. The fourth-order valence-electron chi connectivity index (χ4n) is 5.99. The number of hydrogen-bond donors (Lipinski definition) is 0. The highest BCUT2D eigenvalue weighted by Crippen LogP contribution is 2.54. The van der Waals surface area contributed by atoms with Crippen molar-refractivity contribution in [3.63, 3.8) is 0 Å². The smallest absolute Gasteiger partial charge is 0.420 e. The van der Waals surface area contributed by atoms with Crippen LogP contribution < -0.4 is 9.64 Å².